The van der Waals surface area contributed by atoms with Gasteiger partial charge in [0.1, 0.15) is 5.78 Å². The summed E-state index contributed by atoms with van der Waals surface area (Å²) in [6.07, 6.45) is 4.05. The summed E-state index contributed by atoms with van der Waals surface area (Å²) >= 11 is 0. The number of rotatable bonds is 3. The molecule has 0 aromatic carbocycles. The molecule has 1 aliphatic heterocycles. The number of piperidine rings is 1. The smallest absolute Gasteiger partial charge is 0.135 e. The summed E-state index contributed by atoms with van der Waals surface area (Å²) in [4.78, 5) is 13.5. The molecule has 2 nitrogen and oxygen atoms in total. The van der Waals surface area contributed by atoms with Crippen molar-refractivity contribution in [1.29, 1.82) is 0 Å². The topological polar surface area (TPSA) is 20.3 Å². The number of carbonyl (C=O) groups excluding carboxylic acids is 1. The minimum absolute atomic E-state index is 0.440. The van der Waals surface area contributed by atoms with Crippen LogP contribution in [0.2, 0.25) is 0 Å². The highest BCUT2D eigenvalue weighted by molar-refractivity contribution is 5.79. The van der Waals surface area contributed by atoms with E-state index >= 15 is 0 Å². The van der Waals surface area contributed by atoms with E-state index in [0.29, 0.717) is 11.8 Å². The zero-order valence-electron chi connectivity index (χ0n) is 8.18. The lowest BCUT2D eigenvalue weighted by Gasteiger charge is -2.32. The van der Waals surface area contributed by atoms with Gasteiger partial charge in [-0.1, -0.05) is 13.3 Å². The Balaban J connectivity index is 2.29. The molecule has 70 valence electrons. The molecular formula is C10H19NO. The molecule has 1 rings (SSSR count). The average Bonchev–Trinajstić information content (AvgIpc) is 2.03. The fourth-order valence-electron chi connectivity index (χ4n) is 1.74. The highest BCUT2D eigenvalue weighted by Gasteiger charge is 2.22. The third-order valence-corrected chi connectivity index (χ3v) is 2.62. The predicted octanol–water partition coefficient (Wildman–Crippen LogP) is 1.84. The summed E-state index contributed by atoms with van der Waals surface area (Å²) in [6, 6.07) is 0.484. The van der Waals surface area contributed by atoms with Crippen LogP contribution < -0.4 is 0 Å². The Morgan fingerprint density at radius 1 is 1.58 bits per heavy atom. The molecule has 1 unspecified atom stereocenters. The number of likely N-dealkylation sites (tertiary alicyclic amines) is 1. The first-order valence-electron chi connectivity index (χ1n) is 4.99. The lowest BCUT2D eigenvalue weighted by Crippen LogP contribution is -2.41. The van der Waals surface area contributed by atoms with Crippen molar-refractivity contribution in [2.24, 2.45) is 0 Å². The molecule has 0 aromatic heterocycles. The number of hydrogen-bond acceptors (Lipinski definition) is 2. The largest absolute Gasteiger partial charge is 0.300 e. The number of unbranched alkanes of at least 4 members (excludes halogenated alkanes) is 1. The standard InChI is InChI=1S/C10H19NO/c1-3-4-6-11-7-5-10(12)8-9(11)2/h9H,3-8H2,1-2H3. The number of ketones is 1. The molecule has 12 heavy (non-hydrogen) atoms. The van der Waals surface area contributed by atoms with Gasteiger partial charge in [-0.15, -0.1) is 0 Å². The molecule has 0 spiro atoms. The van der Waals surface area contributed by atoms with Crippen molar-refractivity contribution in [2.75, 3.05) is 13.1 Å². The van der Waals surface area contributed by atoms with Gasteiger partial charge in [0.2, 0.25) is 0 Å². The van der Waals surface area contributed by atoms with Gasteiger partial charge in [-0.2, -0.15) is 0 Å². The van der Waals surface area contributed by atoms with Crippen LogP contribution in [0.25, 0.3) is 0 Å². The maximum Gasteiger partial charge on any atom is 0.135 e. The highest BCUT2D eigenvalue weighted by atomic mass is 16.1. The monoisotopic (exact) mass is 169 g/mol. The van der Waals surface area contributed by atoms with Crippen molar-refractivity contribution >= 4 is 5.78 Å². The van der Waals surface area contributed by atoms with Crippen molar-refractivity contribution in [2.45, 2.75) is 45.6 Å². The highest BCUT2D eigenvalue weighted by Crippen LogP contribution is 2.14. The van der Waals surface area contributed by atoms with Crippen molar-refractivity contribution < 1.29 is 4.79 Å². The Labute approximate surface area is 74.9 Å². The molecule has 1 fully saturated rings. The quantitative estimate of drug-likeness (QED) is 0.642. The Kier molecular flexibility index (Phi) is 3.73. The molecule has 1 saturated heterocycles. The summed E-state index contributed by atoms with van der Waals surface area (Å²) in [5.41, 5.74) is 0. The summed E-state index contributed by atoms with van der Waals surface area (Å²) in [5.74, 6) is 0.440. The second-order valence-corrected chi connectivity index (χ2v) is 3.73. The normalized spacial score (nSPS) is 26.2. The molecule has 2 heteroatoms. The molecule has 0 saturated carbocycles. The Morgan fingerprint density at radius 2 is 2.33 bits per heavy atom. The van der Waals surface area contributed by atoms with E-state index < -0.39 is 0 Å². The summed E-state index contributed by atoms with van der Waals surface area (Å²) in [5, 5.41) is 0. The van der Waals surface area contributed by atoms with Gasteiger partial charge in [0.25, 0.3) is 0 Å². The number of Topliss-reactive ketones (excluding diaryl/α,β-unsaturated/α-hetero) is 1. The summed E-state index contributed by atoms with van der Waals surface area (Å²) in [6.45, 7) is 6.53. The van der Waals surface area contributed by atoms with Gasteiger partial charge in [0.15, 0.2) is 0 Å². The van der Waals surface area contributed by atoms with Crippen LogP contribution in [-0.4, -0.2) is 29.8 Å². The van der Waals surface area contributed by atoms with Gasteiger partial charge in [-0.25, -0.2) is 0 Å². The lowest BCUT2D eigenvalue weighted by molar-refractivity contribution is -0.122. The van der Waals surface area contributed by atoms with E-state index in [4.69, 9.17) is 0 Å². The number of hydrogen-bond donors (Lipinski definition) is 0. The van der Waals surface area contributed by atoms with E-state index in [1.807, 2.05) is 0 Å². The van der Waals surface area contributed by atoms with E-state index in [1.54, 1.807) is 0 Å². The SMILES string of the molecule is CCCCN1CCC(=O)CC1C. The zero-order valence-corrected chi connectivity index (χ0v) is 8.18. The second-order valence-electron chi connectivity index (χ2n) is 3.73. The average molecular weight is 169 g/mol. The number of carbonyl (C=O) groups is 1. The van der Waals surface area contributed by atoms with Crippen LogP contribution >= 0.6 is 0 Å². The molecular weight excluding hydrogens is 150 g/mol. The minimum Gasteiger partial charge on any atom is -0.300 e. The Bertz CT molecular complexity index is 156. The molecule has 1 atom stereocenters. The van der Waals surface area contributed by atoms with E-state index in [9.17, 15) is 4.79 Å². The third kappa shape index (κ3) is 2.59. The molecule has 0 bridgehead atoms. The first-order valence-corrected chi connectivity index (χ1v) is 4.99. The van der Waals surface area contributed by atoms with Gasteiger partial charge < -0.3 is 0 Å². The molecule has 0 aromatic rings. The van der Waals surface area contributed by atoms with Crippen molar-refractivity contribution in [3.05, 3.63) is 0 Å². The third-order valence-electron chi connectivity index (χ3n) is 2.62. The second kappa shape index (κ2) is 4.61. The summed E-state index contributed by atoms with van der Waals surface area (Å²) in [7, 11) is 0. The Morgan fingerprint density at radius 3 is 2.92 bits per heavy atom. The maximum atomic E-state index is 11.1. The van der Waals surface area contributed by atoms with E-state index in [2.05, 4.69) is 18.7 Å². The maximum absolute atomic E-state index is 11.1. The molecule has 1 aliphatic rings. The van der Waals surface area contributed by atoms with Crippen LogP contribution in [0.3, 0.4) is 0 Å². The van der Waals surface area contributed by atoms with E-state index in [-0.39, 0.29) is 0 Å². The van der Waals surface area contributed by atoms with E-state index in [1.165, 1.54) is 19.4 Å². The van der Waals surface area contributed by atoms with Crippen LogP contribution in [0.5, 0.6) is 0 Å². The fourth-order valence-corrected chi connectivity index (χ4v) is 1.74. The van der Waals surface area contributed by atoms with Gasteiger partial charge in [0, 0.05) is 25.4 Å². The van der Waals surface area contributed by atoms with Crippen molar-refractivity contribution in [3.8, 4) is 0 Å². The zero-order chi connectivity index (χ0) is 8.97. The molecule has 1 heterocycles. The lowest BCUT2D eigenvalue weighted by atomic mass is 10.0. The van der Waals surface area contributed by atoms with Crippen molar-refractivity contribution in [3.63, 3.8) is 0 Å². The van der Waals surface area contributed by atoms with Crippen LogP contribution in [0, 0.1) is 0 Å². The van der Waals surface area contributed by atoms with Gasteiger partial charge in [-0.3, -0.25) is 9.69 Å². The van der Waals surface area contributed by atoms with Gasteiger partial charge >= 0.3 is 0 Å². The molecule has 0 amide bonds. The van der Waals surface area contributed by atoms with Gasteiger partial charge in [-0.05, 0) is 19.9 Å². The van der Waals surface area contributed by atoms with Crippen LogP contribution in [0.4, 0.5) is 0 Å². The van der Waals surface area contributed by atoms with E-state index in [0.717, 1.165) is 19.4 Å². The number of nitrogens with zero attached hydrogens (tertiary/aromatic N) is 1. The molecule has 0 N–H and O–H groups in total. The van der Waals surface area contributed by atoms with Gasteiger partial charge in [0.05, 0.1) is 0 Å². The summed E-state index contributed by atoms with van der Waals surface area (Å²) < 4.78 is 0. The first-order chi connectivity index (χ1) is 5.74. The van der Waals surface area contributed by atoms with Crippen LogP contribution in [-0.2, 0) is 4.79 Å². The minimum atomic E-state index is 0.440. The van der Waals surface area contributed by atoms with Crippen molar-refractivity contribution in [1.82, 2.24) is 4.90 Å². The Hall–Kier alpha value is -0.370. The fraction of sp³-hybridized carbons (Fsp3) is 0.900. The molecule has 0 radical (unpaired) electrons. The molecule has 0 aliphatic carbocycles. The predicted molar refractivity (Wildman–Crippen MR) is 50.2 cm³/mol. The van der Waals surface area contributed by atoms with Crippen LogP contribution in [0.15, 0.2) is 0 Å². The van der Waals surface area contributed by atoms with Crippen LogP contribution in [0.1, 0.15) is 39.5 Å². The first kappa shape index (κ1) is 9.72.